The Kier molecular flexibility index (Phi) is 3.57. The fourth-order valence-electron chi connectivity index (χ4n) is 2.87. The maximum absolute atomic E-state index is 10.8. The van der Waals surface area contributed by atoms with Crippen molar-refractivity contribution in [3.8, 4) is 5.75 Å². The molecule has 0 radical (unpaired) electrons. The van der Waals surface area contributed by atoms with Gasteiger partial charge in [-0.2, -0.15) is 0 Å². The molecule has 0 aliphatic heterocycles. The van der Waals surface area contributed by atoms with Gasteiger partial charge >= 0.3 is 5.97 Å². The molecule has 1 aromatic carbocycles. The van der Waals surface area contributed by atoms with E-state index in [0.717, 1.165) is 36.8 Å². The van der Waals surface area contributed by atoms with Gasteiger partial charge < -0.3 is 15.9 Å². The van der Waals surface area contributed by atoms with Gasteiger partial charge in [-0.1, -0.05) is 0 Å². The molecule has 4 heteroatoms. The average molecular weight is 249 g/mol. The van der Waals surface area contributed by atoms with E-state index in [2.05, 4.69) is 0 Å². The molecule has 0 bridgehead atoms. The van der Waals surface area contributed by atoms with Crippen molar-refractivity contribution in [2.24, 2.45) is 5.73 Å². The third-order valence-corrected chi connectivity index (χ3v) is 3.66. The lowest BCUT2D eigenvalue weighted by Gasteiger charge is -2.25. The highest BCUT2D eigenvalue weighted by Crippen LogP contribution is 2.37. The Morgan fingerprint density at radius 2 is 2.00 bits per heavy atom. The van der Waals surface area contributed by atoms with Gasteiger partial charge in [-0.05, 0) is 55.4 Å². The van der Waals surface area contributed by atoms with E-state index < -0.39 is 12.0 Å². The molecule has 0 heterocycles. The summed E-state index contributed by atoms with van der Waals surface area (Å²) in [4.78, 5) is 10.8. The van der Waals surface area contributed by atoms with Crippen LogP contribution in [0.25, 0.3) is 0 Å². The molecule has 0 amide bonds. The number of aromatic hydroxyl groups is 1. The van der Waals surface area contributed by atoms with Crippen LogP contribution < -0.4 is 5.73 Å². The molecular weight excluding hydrogens is 230 g/mol. The molecule has 1 atom stereocenters. The Morgan fingerprint density at radius 3 is 2.61 bits per heavy atom. The highest BCUT2D eigenvalue weighted by molar-refractivity contribution is 5.68. The lowest BCUT2D eigenvalue weighted by Crippen LogP contribution is -2.19. The van der Waals surface area contributed by atoms with Gasteiger partial charge in [0.25, 0.3) is 0 Å². The Bertz CT molecular complexity index is 482. The van der Waals surface area contributed by atoms with Gasteiger partial charge in [-0.15, -0.1) is 0 Å². The van der Waals surface area contributed by atoms with Gasteiger partial charge in [-0.3, -0.25) is 4.79 Å². The van der Waals surface area contributed by atoms with E-state index in [1.165, 1.54) is 5.56 Å². The number of phenolic OH excluding ortho intramolecular Hbond substituents is 1. The van der Waals surface area contributed by atoms with Crippen molar-refractivity contribution >= 4 is 5.97 Å². The maximum Gasteiger partial charge on any atom is 0.305 e. The second-order valence-electron chi connectivity index (χ2n) is 4.99. The Morgan fingerprint density at radius 1 is 1.39 bits per heavy atom. The van der Waals surface area contributed by atoms with E-state index in [1.54, 1.807) is 6.07 Å². The predicted molar refractivity (Wildman–Crippen MR) is 68.7 cm³/mol. The van der Waals surface area contributed by atoms with Crippen molar-refractivity contribution in [2.75, 3.05) is 0 Å². The summed E-state index contributed by atoms with van der Waals surface area (Å²) in [5.41, 5.74) is 9.97. The van der Waals surface area contributed by atoms with Crippen LogP contribution >= 0.6 is 0 Å². The van der Waals surface area contributed by atoms with E-state index >= 15 is 0 Å². The monoisotopic (exact) mass is 249 g/mol. The van der Waals surface area contributed by atoms with Gasteiger partial charge in [0.15, 0.2) is 0 Å². The molecule has 0 aromatic heterocycles. The van der Waals surface area contributed by atoms with Gasteiger partial charge in [-0.25, -0.2) is 0 Å². The lowest BCUT2D eigenvalue weighted by atomic mass is 9.82. The molecule has 0 spiro atoms. The minimum absolute atomic E-state index is 0.141. The van der Waals surface area contributed by atoms with E-state index in [4.69, 9.17) is 10.8 Å². The third kappa shape index (κ3) is 2.34. The number of hydrogen-bond acceptors (Lipinski definition) is 3. The largest absolute Gasteiger partial charge is 0.508 e. The number of phenols is 1. The molecule has 1 aliphatic carbocycles. The first-order chi connectivity index (χ1) is 8.50. The zero-order valence-corrected chi connectivity index (χ0v) is 10.6. The van der Waals surface area contributed by atoms with E-state index in [0.29, 0.717) is 5.56 Å². The van der Waals surface area contributed by atoms with Crippen molar-refractivity contribution in [1.82, 2.24) is 0 Å². The summed E-state index contributed by atoms with van der Waals surface area (Å²) < 4.78 is 0. The first kappa shape index (κ1) is 12.9. The fraction of sp³-hybridized carbons (Fsp3) is 0.500. The highest BCUT2D eigenvalue weighted by atomic mass is 16.4. The molecule has 1 aromatic rings. The fourth-order valence-corrected chi connectivity index (χ4v) is 2.87. The number of carboxylic acids is 1. The number of hydrogen-bond donors (Lipinski definition) is 3. The van der Waals surface area contributed by atoms with Crippen LogP contribution in [-0.4, -0.2) is 16.2 Å². The van der Waals surface area contributed by atoms with Crippen molar-refractivity contribution in [3.05, 3.63) is 28.3 Å². The quantitative estimate of drug-likeness (QED) is 0.765. The summed E-state index contributed by atoms with van der Waals surface area (Å²) in [6.45, 7) is 1.98. The van der Waals surface area contributed by atoms with Gasteiger partial charge in [0.2, 0.25) is 0 Å². The molecule has 4 N–H and O–H groups in total. The van der Waals surface area contributed by atoms with Gasteiger partial charge in [0, 0.05) is 11.6 Å². The van der Waals surface area contributed by atoms with Crippen LogP contribution in [0.1, 0.15) is 47.6 Å². The number of rotatable bonds is 3. The van der Waals surface area contributed by atoms with Crippen molar-refractivity contribution in [3.63, 3.8) is 0 Å². The second kappa shape index (κ2) is 4.98. The maximum atomic E-state index is 10.8. The number of benzene rings is 1. The molecule has 18 heavy (non-hydrogen) atoms. The van der Waals surface area contributed by atoms with Crippen molar-refractivity contribution in [2.45, 2.75) is 45.1 Å². The molecule has 1 aliphatic rings. The summed E-state index contributed by atoms with van der Waals surface area (Å²) in [6.07, 6.45) is 3.94. The number of aryl methyl sites for hydroxylation is 1. The molecular formula is C14H19NO3. The van der Waals surface area contributed by atoms with Crippen molar-refractivity contribution in [1.29, 1.82) is 0 Å². The molecule has 0 fully saturated rings. The van der Waals surface area contributed by atoms with Crippen LogP contribution in [0.15, 0.2) is 6.07 Å². The first-order valence-corrected chi connectivity index (χ1v) is 6.32. The normalized spacial score (nSPS) is 16.1. The number of carbonyl (C=O) groups is 1. The molecule has 98 valence electrons. The van der Waals surface area contributed by atoms with Crippen LogP contribution in [0.4, 0.5) is 0 Å². The lowest BCUT2D eigenvalue weighted by molar-refractivity contribution is -0.137. The molecule has 0 saturated carbocycles. The van der Waals surface area contributed by atoms with E-state index in [-0.39, 0.29) is 12.2 Å². The standard InChI is InChI=1S/C14H19NO3/c1-8-6-12(16)14(11(15)7-13(17)18)10-5-3-2-4-9(8)10/h6,11,16H,2-5,7,15H2,1H3,(H,17,18). The number of carboxylic acid groups (broad SMARTS) is 1. The minimum atomic E-state index is -0.938. The zero-order valence-electron chi connectivity index (χ0n) is 10.6. The molecule has 1 unspecified atom stereocenters. The van der Waals surface area contributed by atoms with Crippen LogP contribution in [-0.2, 0) is 17.6 Å². The van der Waals surface area contributed by atoms with E-state index in [1.807, 2.05) is 6.92 Å². The summed E-state index contributed by atoms with van der Waals surface area (Å²) in [5.74, 6) is -0.797. The molecule has 0 saturated heterocycles. The van der Waals surface area contributed by atoms with Gasteiger partial charge in [0.1, 0.15) is 5.75 Å². The van der Waals surface area contributed by atoms with Crippen LogP contribution in [0.2, 0.25) is 0 Å². The van der Waals surface area contributed by atoms with Crippen LogP contribution in [0.5, 0.6) is 5.75 Å². The minimum Gasteiger partial charge on any atom is -0.508 e. The zero-order chi connectivity index (χ0) is 13.3. The summed E-state index contributed by atoms with van der Waals surface area (Å²) in [6, 6.07) is 1.08. The highest BCUT2D eigenvalue weighted by Gasteiger charge is 2.23. The summed E-state index contributed by atoms with van der Waals surface area (Å²) >= 11 is 0. The molecule has 2 rings (SSSR count). The van der Waals surface area contributed by atoms with Crippen LogP contribution in [0, 0.1) is 6.92 Å². The average Bonchev–Trinajstić information content (AvgIpc) is 2.28. The summed E-state index contributed by atoms with van der Waals surface area (Å²) in [5, 5.41) is 18.9. The number of nitrogens with two attached hydrogens (primary N) is 1. The Labute approximate surface area is 106 Å². The van der Waals surface area contributed by atoms with Crippen LogP contribution in [0.3, 0.4) is 0 Å². The van der Waals surface area contributed by atoms with Gasteiger partial charge in [0.05, 0.1) is 6.42 Å². The second-order valence-corrected chi connectivity index (χ2v) is 4.99. The smallest absolute Gasteiger partial charge is 0.305 e. The third-order valence-electron chi connectivity index (χ3n) is 3.66. The SMILES string of the molecule is Cc1cc(O)c(C(N)CC(=O)O)c2c1CCCC2. The summed E-state index contributed by atoms with van der Waals surface area (Å²) in [7, 11) is 0. The first-order valence-electron chi connectivity index (χ1n) is 6.32. The Balaban J connectivity index is 2.48. The Hall–Kier alpha value is -1.55. The molecule has 4 nitrogen and oxygen atoms in total. The van der Waals surface area contributed by atoms with Crippen molar-refractivity contribution < 1.29 is 15.0 Å². The number of fused-ring (bicyclic) bond motifs is 1. The topological polar surface area (TPSA) is 83.5 Å². The number of aliphatic carboxylic acids is 1. The van der Waals surface area contributed by atoms with E-state index in [9.17, 15) is 9.90 Å². The predicted octanol–water partition coefficient (Wildman–Crippen LogP) is 2.05.